The Balaban J connectivity index is 2.68. The van der Waals surface area contributed by atoms with Gasteiger partial charge in [-0.15, -0.1) is 0 Å². The van der Waals surface area contributed by atoms with Crippen molar-refractivity contribution in [2.75, 3.05) is 0 Å². The van der Waals surface area contributed by atoms with Gasteiger partial charge in [0.15, 0.2) is 0 Å². The molecule has 0 amide bonds. The van der Waals surface area contributed by atoms with Gasteiger partial charge >= 0.3 is 0 Å². The summed E-state index contributed by atoms with van der Waals surface area (Å²) in [6.07, 6.45) is 2.02. The van der Waals surface area contributed by atoms with Gasteiger partial charge in [-0.05, 0) is 94.9 Å². The van der Waals surface area contributed by atoms with Crippen LogP contribution in [0.4, 0.5) is 0 Å². The molecule has 0 aliphatic heterocycles. The molecule has 2 aromatic rings. The van der Waals surface area contributed by atoms with Crippen LogP contribution >= 0.6 is 0 Å². The van der Waals surface area contributed by atoms with Gasteiger partial charge in [0, 0.05) is 0 Å². The van der Waals surface area contributed by atoms with Gasteiger partial charge in [0.1, 0.15) is 11.5 Å². The molecule has 2 unspecified atom stereocenters. The van der Waals surface area contributed by atoms with Crippen molar-refractivity contribution in [3.63, 3.8) is 0 Å². The Labute approximate surface area is 184 Å². The molecule has 0 heterocycles. The molecule has 0 aliphatic rings. The van der Waals surface area contributed by atoms with Crippen molar-refractivity contribution in [3.05, 3.63) is 57.6 Å². The Morgan fingerprint density at radius 3 is 1.23 bits per heavy atom. The first kappa shape index (κ1) is 24.3. The lowest BCUT2D eigenvalue weighted by Crippen LogP contribution is -2.23. The summed E-state index contributed by atoms with van der Waals surface area (Å²) in [5, 5.41) is 20.9. The van der Waals surface area contributed by atoms with Crippen LogP contribution in [0.1, 0.15) is 113 Å². The van der Waals surface area contributed by atoms with Gasteiger partial charge in [0.2, 0.25) is 0 Å². The smallest absolute Gasteiger partial charge is 0.118 e. The van der Waals surface area contributed by atoms with Crippen LogP contribution < -0.4 is 0 Å². The molecule has 2 atom stereocenters. The van der Waals surface area contributed by atoms with E-state index in [9.17, 15) is 10.2 Å². The maximum Gasteiger partial charge on any atom is 0.118 e. The molecule has 2 aromatic carbocycles. The number of benzene rings is 2. The second kappa shape index (κ2) is 8.65. The van der Waals surface area contributed by atoms with Gasteiger partial charge in [-0.25, -0.2) is 0 Å². The van der Waals surface area contributed by atoms with E-state index in [0.29, 0.717) is 11.5 Å². The van der Waals surface area contributed by atoms with Crippen molar-refractivity contribution in [3.8, 4) is 11.5 Å². The number of aromatic hydroxyl groups is 2. The molecule has 2 heteroatoms. The maximum atomic E-state index is 10.4. The van der Waals surface area contributed by atoms with Crippen LogP contribution in [0.2, 0.25) is 0 Å². The minimum absolute atomic E-state index is 0.00904. The number of aryl methyl sites for hydroxylation is 2. The maximum absolute atomic E-state index is 10.4. The molecule has 30 heavy (non-hydrogen) atoms. The zero-order valence-corrected chi connectivity index (χ0v) is 20.8. The molecule has 2 rings (SSSR count). The van der Waals surface area contributed by atoms with E-state index in [1.165, 1.54) is 22.3 Å². The zero-order valence-electron chi connectivity index (χ0n) is 20.8. The molecule has 0 aromatic heterocycles. The molecule has 166 valence electrons. The van der Waals surface area contributed by atoms with Gasteiger partial charge in [-0.3, -0.25) is 0 Å². The van der Waals surface area contributed by atoms with Crippen molar-refractivity contribution < 1.29 is 10.2 Å². The van der Waals surface area contributed by atoms with E-state index in [1.807, 2.05) is 26.0 Å². The second-order valence-electron chi connectivity index (χ2n) is 10.5. The Morgan fingerprint density at radius 1 is 0.667 bits per heavy atom. The molecule has 0 bridgehead atoms. The largest absolute Gasteiger partial charge is 0.508 e. The minimum Gasteiger partial charge on any atom is -0.508 e. The van der Waals surface area contributed by atoms with Gasteiger partial charge in [0.05, 0.1) is 0 Å². The van der Waals surface area contributed by atoms with Crippen LogP contribution in [0, 0.1) is 13.8 Å². The summed E-state index contributed by atoms with van der Waals surface area (Å²) in [7, 11) is 0. The van der Waals surface area contributed by atoms with Crippen LogP contribution in [-0.2, 0) is 10.8 Å². The van der Waals surface area contributed by atoms with E-state index in [2.05, 4.69) is 67.5 Å². The van der Waals surface area contributed by atoms with Crippen LogP contribution in [0.15, 0.2) is 24.3 Å². The summed E-state index contributed by atoms with van der Waals surface area (Å²) in [5.41, 5.74) is 6.94. The van der Waals surface area contributed by atoms with Crippen LogP contribution in [0.3, 0.4) is 0 Å². The van der Waals surface area contributed by atoms with Crippen LogP contribution in [-0.4, -0.2) is 10.2 Å². The zero-order chi connectivity index (χ0) is 23.0. The predicted octanol–water partition coefficient (Wildman–Crippen LogP) is 8.00. The molecular weight excluding hydrogens is 368 g/mol. The Bertz CT molecular complexity index is 830. The Hall–Kier alpha value is -1.96. The lowest BCUT2D eigenvalue weighted by atomic mass is 9.70. The predicted molar refractivity (Wildman–Crippen MR) is 129 cm³/mol. The summed E-state index contributed by atoms with van der Waals surface area (Å²) in [6.45, 7) is 22.0. The third-order valence-corrected chi connectivity index (χ3v) is 7.69. The SMILES string of the molecule is CCC(C)(C)c1cc(O)c(C)cc1C(C)C(C)c1cc(C)c(O)cc1C(C)(C)CC. The van der Waals surface area contributed by atoms with E-state index < -0.39 is 0 Å². The molecular formula is C28H42O2. The highest BCUT2D eigenvalue weighted by Crippen LogP contribution is 2.45. The second-order valence-corrected chi connectivity index (χ2v) is 10.5. The van der Waals surface area contributed by atoms with Crippen molar-refractivity contribution in [1.82, 2.24) is 0 Å². The fourth-order valence-electron chi connectivity index (χ4n) is 4.28. The molecule has 2 nitrogen and oxygen atoms in total. The Morgan fingerprint density at radius 2 is 0.967 bits per heavy atom. The highest BCUT2D eigenvalue weighted by molar-refractivity contribution is 5.50. The molecule has 0 radical (unpaired) electrons. The van der Waals surface area contributed by atoms with Gasteiger partial charge in [0.25, 0.3) is 0 Å². The third kappa shape index (κ3) is 4.53. The summed E-state index contributed by atoms with van der Waals surface area (Å²) >= 11 is 0. The van der Waals surface area contributed by atoms with E-state index in [4.69, 9.17) is 0 Å². The Kier molecular flexibility index (Phi) is 7.01. The number of hydrogen-bond donors (Lipinski definition) is 2. The first-order valence-corrected chi connectivity index (χ1v) is 11.4. The normalized spacial score (nSPS) is 14.6. The molecule has 0 saturated heterocycles. The first-order valence-electron chi connectivity index (χ1n) is 11.4. The van der Waals surface area contributed by atoms with Gasteiger partial charge < -0.3 is 10.2 Å². The van der Waals surface area contributed by atoms with Gasteiger partial charge in [-0.1, -0.05) is 67.5 Å². The van der Waals surface area contributed by atoms with E-state index in [1.54, 1.807) is 0 Å². The quantitative estimate of drug-likeness (QED) is 0.485. The average molecular weight is 411 g/mol. The summed E-state index contributed by atoms with van der Waals surface area (Å²) in [5.74, 6) is 1.31. The van der Waals surface area contributed by atoms with Crippen molar-refractivity contribution in [1.29, 1.82) is 0 Å². The minimum atomic E-state index is -0.00904. The number of phenols is 2. The summed E-state index contributed by atoms with van der Waals surface area (Å²) < 4.78 is 0. The molecule has 0 aliphatic carbocycles. The highest BCUT2D eigenvalue weighted by atomic mass is 16.3. The monoisotopic (exact) mass is 410 g/mol. The number of phenolic OH excluding ortho intramolecular Hbond substituents is 2. The summed E-state index contributed by atoms with van der Waals surface area (Å²) in [6, 6.07) is 8.33. The average Bonchev–Trinajstić information content (AvgIpc) is 2.70. The van der Waals surface area contributed by atoms with Crippen LogP contribution in [0.25, 0.3) is 0 Å². The standard InChI is InChI=1S/C28H42O2/c1-11-27(7,8)23-15-25(29)17(3)13-21(23)19(5)20(6)22-14-18(4)26(30)16-24(22)28(9,10)12-2/h13-16,19-20,29-30H,11-12H2,1-10H3. The van der Waals surface area contributed by atoms with E-state index in [0.717, 1.165) is 24.0 Å². The third-order valence-electron chi connectivity index (χ3n) is 7.69. The molecule has 0 fully saturated rings. The number of rotatable bonds is 7. The molecule has 0 saturated carbocycles. The fourth-order valence-corrected chi connectivity index (χ4v) is 4.28. The first-order chi connectivity index (χ1) is 13.8. The fraction of sp³-hybridized carbons (Fsp3) is 0.571. The lowest BCUT2D eigenvalue weighted by molar-refractivity contribution is 0.449. The molecule has 0 spiro atoms. The lowest BCUT2D eigenvalue weighted by Gasteiger charge is -2.34. The highest BCUT2D eigenvalue weighted by Gasteiger charge is 2.31. The van der Waals surface area contributed by atoms with Crippen molar-refractivity contribution in [2.24, 2.45) is 0 Å². The van der Waals surface area contributed by atoms with Crippen molar-refractivity contribution >= 4 is 0 Å². The number of hydrogen-bond acceptors (Lipinski definition) is 2. The summed E-state index contributed by atoms with van der Waals surface area (Å²) in [4.78, 5) is 0. The topological polar surface area (TPSA) is 40.5 Å². The van der Waals surface area contributed by atoms with Crippen molar-refractivity contribution in [2.45, 2.75) is 105 Å². The van der Waals surface area contributed by atoms with E-state index >= 15 is 0 Å². The van der Waals surface area contributed by atoms with E-state index in [-0.39, 0.29) is 22.7 Å². The van der Waals surface area contributed by atoms with Gasteiger partial charge in [-0.2, -0.15) is 0 Å². The molecule has 2 N–H and O–H groups in total. The van der Waals surface area contributed by atoms with Crippen LogP contribution in [0.5, 0.6) is 11.5 Å².